The number of nitrogens with zero attached hydrogens (tertiary/aromatic N) is 2. The van der Waals surface area contributed by atoms with E-state index in [1.807, 2.05) is 18.2 Å². The summed E-state index contributed by atoms with van der Waals surface area (Å²) in [6, 6.07) is 18.6. The molecule has 0 bridgehead atoms. The van der Waals surface area contributed by atoms with Crippen LogP contribution in [0.3, 0.4) is 0 Å². The van der Waals surface area contributed by atoms with Gasteiger partial charge in [-0.05, 0) is 74.7 Å². The van der Waals surface area contributed by atoms with Crippen molar-refractivity contribution in [3.63, 3.8) is 0 Å². The maximum Gasteiger partial charge on any atom is 0.167 e. The topological polar surface area (TPSA) is 37.8 Å². The summed E-state index contributed by atoms with van der Waals surface area (Å²) in [5, 5.41) is 3.42. The van der Waals surface area contributed by atoms with Crippen molar-refractivity contribution in [3.8, 4) is 11.3 Å². The summed E-state index contributed by atoms with van der Waals surface area (Å²) in [6.07, 6.45) is 8.74. The second kappa shape index (κ2) is 10.4. The molecule has 156 valence electrons. The molecule has 1 fully saturated rings. The van der Waals surface area contributed by atoms with Gasteiger partial charge in [0.1, 0.15) is 11.5 Å². The lowest BCUT2D eigenvalue weighted by Gasteiger charge is -2.22. The molecule has 3 aromatic rings. The van der Waals surface area contributed by atoms with E-state index in [0.29, 0.717) is 11.5 Å². The van der Waals surface area contributed by atoms with E-state index >= 15 is 0 Å². The SMILES string of the molecule is Fc1cnc(CCCc2ccccc2)nc1-c1cccc(CCC2CCNCC2)c1. The number of aromatic nitrogens is 2. The van der Waals surface area contributed by atoms with Crippen LogP contribution in [0.1, 0.15) is 42.6 Å². The maximum atomic E-state index is 14.5. The third-order valence-electron chi connectivity index (χ3n) is 6.00. The van der Waals surface area contributed by atoms with Gasteiger partial charge in [-0.25, -0.2) is 14.4 Å². The van der Waals surface area contributed by atoms with Crippen molar-refractivity contribution < 1.29 is 4.39 Å². The van der Waals surface area contributed by atoms with Gasteiger partial charge < -0.3 is 5.32 Å². The van der Waals surface area contributed by atoms with E-state index in [9.17, 15) is 4.39 Å². The van der Waals surface area contributed by atoms with E-state index in [4.69, 9.17) is 0 Å². The second-order valence-corrected chi connectivity index (χ2v) is 8.25. The Morgan fingerprint density at radius 3 is 2.53 bits per heavy atom. The van der Waals surface area contributed by atoms with Crippen molar-refractivity contribution in [2.75, 3.05) is 13.1 Å². The van der Waals surface area contributed by atoms with Gasteiger partial charge in [-0.3, -0.25) is 0 Å². The molecule has 3 nitrogen and oxygen atoms in total. The summed E-state index contributed by atoms with van der Waals surface area (Å²) in [7, 11) is 0. The first kappa shape index (κ1) is 20.7. The summed E-state index contributed by atoms with van der Waals surface area (Å²) in [4.78, 5) is 8.79. The Bertz CT molecular complexity index is 936. The minimum absolute atomic E-state index is 0.350. The fourth-order valence-corrected chi connectivity index (χ4v) is 4.24. The molecule has 4 rings (SSSR count). The molecule has 2 heterocycles. The lowest BCUT2D eigenvalue weighted by Crippen LogP contribution is -2.27. The van der Waals surface area contributed by atoms with Gasteiger partial charge in [0.25, 0.3) is 0 Å². The first-order valence-electron chi connectivity index (χ1n) is 11.1. The zero-order chi connectivity index (χ0) is 20.6. The Morgan fingerprint density at radius 2 is 1.70 bits per heavy atom. The molecule has 1 saturated heterocycles. The lowest BCUT2D eigenvalue weighted by atomic mass is 9.91. The Labute approximate surface area is 178 Å². The molecule has 1 aliphatic heterocycles. The summed E-state index contributed by atoms with van der Waals surface area (Å²) >= 11 is 0. The van der Waals surface area contributed by atoms with Crippen molar-refractivity contribution >= 4 is 0 Å². The molecule has 0 atom stereocenters. The van der Waals surface area contributed by atoms with E-state index < -0.39 is 0 Å². The number of aryl methyl sites for hydroxylation is 3. The third kappa shape index (κ3) is 5.73. The van der Waals surface area contributed by atoms with Crippen LogP contribution in [-0.4, -0.2) is 23.1 Å². The molecular weight excluding hydrogens is 373 g/mol. The van der Waals surface area contributed by atoms with Gasteiger partial charge in [-0.1, -0.05) is 48.5 Å². The molecule has 4 heteroatoms. The number of hydrogen-bond donors (Lipinski definition) is 1. The van der Waals surface area contributed by atoms with Gasteiger partial charge in [0, 0.05) is 12.0 Å². The summed E-state index contributed by atoms with van der Waals surface area (Å²) < 4.78 is 14.5. The highest BCUT2D eigenvalue weighted by Crippen LogP contribution is 2.24. The quantitative estimate of drug-likeness (QED) is 0.548. The van der Waals surface area contributed by atoms with Crippen LogP contribution < -0.4 is 5.32 Å². The first-order valence-corrected chi connectivity index (χ1v) is 11.1. The zero-order valence-corrected chi connectivity index (χ0v) is 17.5. The Balaban J connectivity index is 1.40. The molecule has 0 unspecified atom stereocenters. The first-order chi connectivity index (χ1) is 14.8. The number of halogens is 1. The van der Waals surface area contributed by atoms with Crippen LogP contribution in [0.15, 0.2) is 60.8 Å². The predicted octanol–water partition coefficient (Wildman–Crippen LogP) is 5.39. The molecule has 1 aliphatic rings. The monoisotopic (exact) mass is 403 g/mol. The number of benzene rings is 2. The van der Waals surface area contributed by atoms with Crippen LogP contribution in [0.25, 0.3) is 11.3 Å². The van der Waals surface area contributed by atoms with Crippen LogP contribution in [0.5, 0.6) is 0 Å². The Kier molecular flexibility index (Phi) is 7.20. The van der Waals surface area contributed by atoms with Gasteiger partial charge in [-0.15, -0.1) is 0 Å². The van der Waals surface area contributed by atoms with E-state index in [1.165, 1.54) is 36.6 Å². The van der Waals surface area contributed by atoms with E-state index in [2.05, 4.69) is 51.7 Å². The standard InChI is InChI=1S/C26H30FN3/c27-24-19-29-25(11-5-8-20-6-2-1-3-7-20)30-26(24)23-10-4-9-22(18-23)13-12-21-14-16-28-17-15-21/h1-4,6-7,9-10,18-19,21,28H,5,8,11-17H2. The minimum Gasteiger partial charge on any atom is -0.317 e. The summed E-state index contributed by atoms with van der Waals surface area (Å²) in [5.74, 6) is 1.15. The molecule has 0 aliphatic carbocycles. The Hall–Kier alpha value is -2.59. The molecule has 30 heavy (non-hydrogen) atoms. The van der Waals surface area contributed by atoms with Crippen LogP contribution in [-0.2, 0) is 19.3 Å². The predicted molar refractivity (Wildman–Crippen MR) is 120 cm³/mol. The van der Waals surface area contributed by atoms with E-state index in [-0.39, 0.29) is 5.82 Å². The van der Waals surface area contributed by atoms with Crippen molar-refractivity contribution in [3.05, 3.63) is 83.6 Å². The van der Waals surface area contributed by atoms with Crippen molar-refractivity contribution in [1.29, 1.82) is 0 Å². The van der Waals surface area contributed by atoms with Gasteiger partial charge in [0.2, 0.25) is 0 Å². The third-order valence-corrected chi connectivity index (χ3v) is 6.00. The number of hydrogen-bond acceptors (Lipinski definition) is 3. The minimum atomic E-state index is -0.350. The van der Waals surface area contributed by atoms with Crippen LogP contribution in [0.4, 0.5) is 4.39 Å². The number of rotatable bonds is 8. The fourth-order valence-electron chi connectivity index (χ4n) is 4.24. The van der Waals surface area contributed by atoms with Crippen molar-refractivity contribution in [2.45, 2.75) is 44.9 Å². The largest absolute Gasteiger partial charge is 0.317 e. The highest BCUT2D eigenvalue weighted by molar-refractivity contribution is 5.60. The van der Waals surface area contributed by atoms with Gasteiger partial charge in [-0.2, -0.15) is 0 Å². The highest BCUT2D eigenvalue weighted by atomic mass is 19.1. The second-order valence-electron chi connectivity index (χ2n) is 8.25. The lowest BCUT2D eigenvalue weighted by molar-refractivity contribution is 0.354. The average molecular weight is 404 g/mol. The van der Waals surface area contributed by atoms with Crippen molar-refractivity contribution in [2.24, 2.45) is 5.92 Å². The van der Waals surface area contributed by atoms with Gasteiger partial charge in [0.05, 0.1) is 6.20 Å². The molecule has 0 saturated carbocycles. The summed E-state index contributed by atoms with van der Waals surface area (Å²) in [6.45, 7) is 2.26. The van der Waals surface area contributed by atoms with Gasteiger partial charge >= 0.3 is 0 Å². The zero-order valence-electron chi connectivity index (χ0n) is 17.5. The molecule has 2 aromatic carbocycles. The van der Waals surface area contributed by atoms with Crippen LogP contribution in [0, 0.1) is 11.7 Å². The maximum absolute atomic E-state index is 14.5. The normalized spacial score (nSPS) is 14.7. The van der Waals surface area contributed by atoms with Crippen LogP contribution >= 0.6 is 0 Å². The molecule has 0 amide bonds. The molecule has 0 radical (unpaired) electrons. The number of nitrogens with one attached hydrogen (secondary N) is 1. The van der Waals surface area contributed by atoms with Gasteiger partial charge in [0.15, 0.2) is 5.82 Å². The smallest absolute Gasteiger partial charge is 0.167 e. The highest BCUT2D eigenvalue weighted by Gasteiger charge is 2.14. The molecule has 1 aromatic heterocycles. The Morgan fingerprint density at radius 1 is 0.900 bits per heavy atom. The van der Waals surface area contributed by atoms with E-state index in [1.54, 1.807) is 0 Å². The fraction of sp³-hybridized carbons (Fsp3) is 0.385. The van der Waals surface area contributed by atoms with E-state index in [0.717, 1.165) is 50.3 Å². The number of piperidine rings is 1. The average Bonchev–Trinajstić information content (AvgIpc) is 2.80. The molecular formula is C26H30FN3. The summed E-state index contributed by atoms with van der Waals surface area (Å²) in [5.41, 5.74) is 3.83. The molecule has 1 N–H and O–H groups in total. The van der Waals surface area contributed by atoms with Crippen LogP contribution in [0.2, 0.25) is 0 Å². The molecule has 0 spiro atoms. The van der Waals surface area contributed by atoms with Crippen molar-refractivity contribution in [1.82, 2.24) is 15.3 Å².